The van der Waals surface area contributed by atoms with Crippen LogP contribution in [0.5, 0.6) is 5.75 Å². The quantitative estimate of drug-likeness (QED) is 0.909. The lowest BCUT2D eigenvalue weighted by Gasteiger charge is -2.11. The largest absolute Gasteiger partial charge is 0.493 e. The lowest BCUT2D eigenvalue weighted by molar-refractivity contribution is -0.117. The van der Waals surface area contributed by atoms with Gasteiger partial charge in [0.2, 0.25) is 5.91 Å². The number of hydrogen-bond donors (Lipinski definition) is 1. The Kier molecular flexibility index (Phi) is 4.23. The first-order valence-corrected chi connectivity index (χ1v) is 6.77. The second-order valence-corrected chi connectivity index (χ2v) is 5.45. The summed E-state index contributed by atoms with van der Waals surface area (Å²) in [6, 6.07) is 7.66. The zero-order valence-electron chi connectivity index (χ0n) is 12.1. The van der Waals surface area contributed by atoms with Crippen molar-refractivity contribution in [3.05, 3.63) is 35.5 Å². The lowest BCUT2D eigenvalue weighted by Crippen LogP contribution is -2.14. The molecular weight excluding hydrogens is 252 g/mol. The Labute approximate surface area is 119 Å². The van der Waals surface area contributed by atoms with Crippen LogP contribution in [-0.2, 0) is 11.2 Å². The fourth-order valence-corrected chi connectivity index (χ4v) is 2.11. The summed E-state index contributed by atoms with van der Waals surface area (Å²) in [4.78, 5) is 15.7. The third-order valence-corrected chi connectivity index (χ3v) is 2.94. The molecule has 0 aliphatic carbocycles. The molecule has 1 aromatic heterocycles. The highest BCUT2D eigenvalue weighted by Crippen LogP contribution is 2.24. The number of primary amides is 1. The number of ether oxygens (including phenoxy) is 1. The highest BCUT2D eigenvalue weighted by atomic mass is 16.5. The molecule has 1 heterocycles. The first-order chi connectivity index (χ1) is 9.45. The normalized spacial score (nSPS) is 11.0. The van der Waals surface area contributed by atoms with Crippen LogP contribution in [0.2, 0.25) is 0 Å². The summed E-state index contributed by atoms with van der Waals surface area (Å²) in [5, 5.41) is 0.927. The maximum atomic E-state index is 11.2. The number of fused-ring (bicyclic) bond motifs is 1. The van der Waals surface area contributed by atoms with Crippen LogP contribution in [0.3, 0.4) is 0 Å². The molecule has 20 heavy (non-hydrogen) atoms. The summed E-state index contributed by atoms with van der Waals surface area (Å²) in [6.45, 7) is 6.78. The van der Waals surface area contributed by atoms with Crippen molar-refractivity contribution in [2.75, 3.05) is 6.61 Å². The molecule has 1 aromatic carbocycles. The van der Waals surface area contributed by atoms with Gasteiger partial charge in [-0.2, -0.15) is 0 Å². The molecule has 0 bridgehead atoms. The number of hydrogen-bond acceptors (Lipinski definition) is 3. The number of aryl methyl sites for hydroxylation is 1. The standard InChI is InChI=1S/C16H20N2O2/c1-10(2)9-20-13-4-5-15-14(8-13)12(7-16(17)19)6-11(3)18-15/h4-6,8,10H,7,9H2,1-3H3,(H2,17,19). The fourth-order valence-electron chi connectivity index (χ4n) is 2.11. The van der Waals surface area contributed by atoms with Crippen molar-refractivity contribution in [1.82, 2.24) is 4.98 Å². The van der Waals surface area contributed by atoms with E-state index >= 15 is 0 Å². The summed E-state index contributed by atoms with van der Waals surface area (Å²) in [5.74, 6) is 0.917. The average Bonchev–Trinajstić information content (AvgIpc) is 2.35. The highest BCUT2D eigenvalue weighted by molar-refractivity contribution is 5.88. The Hall–Kier alpha value is -2.10. The first kappa shape index (κ1) is 14.3. The van der Waals surface area contributed by atoms with Gasteiger partial charge in [0.05, 0.1) is 18.5 Å². The van der Waals surface area contributed by atoms with E-state index in [2.05, 4.69) is 18.8 Å². The van der Waals surface area contributed by atoms with Crippen LogP contribution >= 0.6 is 0 Å². The Morgan fingerprint density at radius 1 is 1.35 bits per heavy atom. The Bertz CT molecular complexity index is 636. The van der Waals surface area contributed by atoms with Crippen molar-refractivity contribution in [1.29, 1.82) is 0 Å². The summed E-state index contributed by atoms with van der Waals surface area (Å²) in [7, 11) is 0. The van der Waals surface area contributed by atoms with Crippen molar-refractivity contribution in [2.45, 2.75) is 27.2 Å². The molecular formula is C16H20N2O2. The summed E-state index contributed by atoms with van der Waals surface area (Å²) >= 11 is 0. The molecule has 2 N–H and O–H groups in total. The van der Waals surface area contributed by atoms with Gasteiger partial charge in [0.1, 0.15) is 5.75 Å². The second-order valence-electron chi connectivity index (χ2n) is 5.45. The van der Waals surface area contributed by atoms with E-state index < -0.39 is 0 Å². The zero-order chi connectivity index (χ0) is 14.7. The molecule has 0 aliphatic heterocycles. The van der Waals surface area contributed by atoms with Gasteiger partial charge in [0.25, 0.3) is 0 Å². The summed E-state index contributed by atoms with van der Waals surface area (Å²) < 4.78 is 5.72. The van der Waals surface area contributed by atoms with Gasteiger partial charge in [-0.25, -0.2) is 0 Å². The molecule has 106 valence electrons. The minimum absolute atomic E-state index is 0.216. The molecule has 0 aliphatic rings. The van der Waals surface area contributed by atoms with Crippen LogP contribution in [0.1, 0.15) is 25.1 Å². The molecule has 0 atom stereocenters. The Balaban J connectivity index is 2.42. The number of aromatic nitrogens is 1. The molecule has 0 radical (unpaired) electrons. The molecule has 0 unspecified atom stereocenters. The number of pyridine rings is 1. The topological polar surface area (TPSA) is 65.2 Å². The van der Waals surface area contributed by atoms with Gasteiger partial charge in [-0.05, 0) is 42.7 Å². The number of carbonyl (C=O) groups is 1. The van der Waals surface area contributed by atoms with E-state index in [0.717, 1.165) is 27.9 Å². The molecule has 0 saturated heterocycles. The zero-order valence-corrected chi connectivity index (χ0v) is 12.1. The van der Waals surface area contributed by atoms with Gasteiger partial charge in [0, 0.05) is 11.1 Å². The second kappa shape index (κ2) is 5.90. The van der Waals surface area contributed by atoms with Crippen LogP contribution in [0, 0.1) is 12.8 Å². The number of nitrogens with zero attached hydrogens (tertiary/aromatic N) is 1. The van der Waals surface area contributed by atoms with Gasteiger partial charge in [-0.3, -0.25) is 9.78 Å². The predicted molar refractivity (Wildman–Crippen MR) is 79.7 cm³/mol. The van der Waals surface area contributed by atoms with Crippen molar-refractivity contribution < 1.29 is 9.53 Å². The molecule has 4 heteroatoms. The van der Waals surface area contributed by atoms with E-state index in [9.17, 15) is 4.79 Å². The molecule has 0 fully saturated rings. The maximum Gasteiger partial charge on any atom is 0.221 e. The molecule has 1 amide bonds. The van der Waals surface area contributed by atoms with Gasteiger partial charge in [0.15, 0.2) is 0 Å². The number of amides is 1. The van der Waals surface area contributed by atoms with Crippen molar-refractivity contribution in [3.8, 4) is 5.75 Å². The first-order valence-electron chi connectivity index (χ1n) is 6.77. The number of nitrogens with two attached hydrogens (primary N) is 1. The average molecular weight is 272 g/mol. The Morgan fingerprint density at radius 3 is 2.75 bits per heavy atom. The fraction of sp³-hybridized carbons (Fsp3) is 0.375. The third kappa shape index (κ3) is 3.47. The van der Waals surface area contributed by atoms with Crippen LogP contribution in [0.15, 0.2) is 24.3 Å². The van der Waals surface area contributed by atoms with E-state index in [1.54, 1.807) is 0 Å². The van der Waals surface area contributed by atoms with Crippen LogP contribution in [0.4, 0.5) is 0 Å². The van der Waals surface area contributed by atoms with Crippen molar-refractivity contribution >= 4 is 16.8 Å². The van der Waals surface area contributed by atoms with Crippen molar-refractivity contribution in [3.63, 3.8) is 0 Å². The molecule has 4 nitrogen and oxygen atoms in total. The molecule has 0 saturated carbocycles. The van der Waals surface area contributed by atoms with E-state index in [4.69, 9.17) is 10.5 Å². The van der Waals surface area contributed by atoms with Gasteiger partial charge in [-0.15, -0.1) is 0 Å². The number of rotatable bonds is 5. The van der Waals surface area contributed by atoms with Crippen molar-refractivity contribution in [2.24, 2.45) is 11.7 Å². The highest BCUT2D eigenvalue weighted by Gasteiger charge is 2.08. The van der Waals surface area contributed by atoms with Crippen LogP contribution < -0.4 is 10.5 Å². The van der Waals surface area contributed by atoms with E-state index in [0.29, 0.717) is 12.5 Å². The summed E-state index contributed by atoms with van der Waals surface area (Å²) in [6.07, 6.45) is 0.216. The third-order valence-electron chi connectivity index (χ3n) is 2.94. The van der Waals surface area contributed by atoms with Crippen LogP contribution in [0.25, 0.3) is 10.9 Å². The SMILES string of the molecule is Cc1cc(CC(N)=O)c2cc(OCC(C)C)ccc2n1. The lowest BCUT2D eigenvalue weighted by atomic mass is 10.0. The maximum absolute atomic E-state index is 11.2. The van der Waals surface area contributed by atoms with Gasteiger partial charge in [-0.1, -0.05) is 13.8 Å². The molecule has 0 spiro atoms. The van der Waals surface area contributed by atoms with E-state index in [1.165, 1.54) is 0 Å². The van der Waals surface area contributed by atoms with E-state index in [-0.39, 0.29) is 12.3 Å². The minimum Gasteiger partial charge on any atom is -0.493 e. The minimum atomic E-state index is -0.342. The summed E-state index contributed by atoms with van der Waals surface area (Å²) in [5.41, 5.74) is 7.95. The smallest absolute Gasteiger partial charge is 0.221 e. The molecule has 2 aromatic rings. The predicted octanol–water partition coefficient (Wildman–Crippen LogP) is 2.61. The monoisotopic (exact) mass is 272 g/mol. The van der Waals surface area contributed by atoms with Crippen LogP contribution in [-0.4, -0.2) is 17.5 Å². The number of benzene rings is 1. The van der Waals surface area contributed by atoms with E-state index in [1.807, 2.05) is 31.2 Å². The number of carbonyl (C=O) groups excluding carboxylic acids is 1. The molecule has 2 rings (SSSR count). The Morgan fingerprint density at radius 2 is 2.10 bits per heavy atom. The van der Waals surface area contributed by atoms with Gasteiger partial charge < -0.3 is 10.5 Å². The van der Waals surface area contributed by atoms with Gasteiger partial charge >= 0.3 is 0 Å².